The fraction of sp³-hybridized carbons (Fsp3) is 0.306. The van der Waals surface area contributed by atoms with E-state index >= 15 is 0 Å². The Hall–Kier alpha value is -3.84. The first-order chi connectivity index (χ1) is 31.5. The fourth-order valence-corrected chi connectivity index (χ4v) is 11.3. The molecule has 1 saturated carbocycles. The van der Waals surface area contributed by atoms with Crippen LogP contribution in [0.25, 0.3) is 55.3 Å². The molecule has 4 aromatic carbocycles. The molecule has 1 fully saturated rings. The van der Waals surface area contributed by atoms with E-state index in [2.05, 4.69) is 48.1 Å². The maximum Gasteiger partial charge on any atom is 0.168 e. The summed E-state index contributed by atoms with van der Waals surface area (Å²) in [4.78, 5) is 0. The van der Waals surface area contributed by atoms with Crippen LogP contribution in [-0.2, 0) is 12.8 Å². The molecule has 1 aliphatic carbocycles. The second-order valence-corrected chi connectivity index (χ2v) is 20.6. The highest BCUT2D eigenvalue weighted by Gasteiger charge is 2.27. The smallest absolute Gasteiger partial charge is 0.168 e. The predicted octanol–water partition coefficient (Wildman–Crippen LogP) is 17.1. The number of halogens is 6. The summed E-state index contributed by atoms with van der Waals surface area (Å²) >= 11 is 41.1. The Bertz CT molecular complexity index is 2900. The molecule has 0 spiro atoms. The molecular formula is C49H46Cl6N8S2. The molecular weight excluding hydrogens is 977 g/mol. The van der Waals surface area contributed by atoms with Crippen LogP contribution in [-0.4, -0.2) is 40.0 Å². The minimum absolute atomic E-state index is 0.361. The lowest BCUT2D eigenvalue weighted by atomic mass is 10.0. The van der Waals surface area contributed by atoms with Crippen LogP contribution in [0.1, 0.15) is 106 Å². The SMILES string of the molecule is CCc1c(-c2nnc(C(C)CC)s2)nn(-c2ccc(Cl)cc2Cl)c1-c1ccc(Cl)cc1.CCc1c(-c2nnc(C3CCCCCC3)s2)nn(-c2ccc(Cl)cc2Cl)c1-c1ccc(Cl)cc1. The van der Waals surface area contributed by atoms with Crippen LogP contribution in [0.3, 0.4) is 0 Å². The maximum atomic E-state index is 6.63. The molecule has 1 atom stereocenters. The van der Waals surface area contributed by atoms with Gasteiger partial charge >= 0.3 is 0 Å². The molecule has 4 aromatic heterocycles. The maximum absolute atomic E-state index is 6.63. The Kier molecular flexibility index (Phi) is 15.7. The van der Waals surface area contributed by atoms with Crippen LogP contribution in [0.15, 0.2) is 84.9 Å². The third-order valence-electron chi connectivity index (χ3n) is 11.7. The van der Waals surface area contributed by atoms with Gasteiger partial charge < -0.3 is 0 Å². The zero-order valence-electron chi connectivity index (χ0n) is 36.3. The largest absolute Gasteiger partial charge is 0.231 e. The summed E-state index contributed by atoms with van der Waals surface area (Å²) in [5.74, 6) is 0.863. The van der Waals surface area contributed by atoms with Crippen LogP contribution in [0.2, 0.25) is 30.1 Å². The molecule has 1 aliphatic rings. The van der Waals surface area contributed by atoms with Gasteiger partial charge in [0.15, 0.2) is 10.0 Å². The van der Waals surface area contributed by atoms with Gasteiger partial charge in [-0.15, -0.1) is 20.4 Å². The molecule has 336 valence electrons. The van der Waals surface area contributed by atoms with Crippen molar-refractivity contribution < 1.29 is 0 Å². The molecule has 65 heavy (non-hydrogen) atoms. The molecule has 4 heterocycles. The van der Waals surface area contributed by atoms with E-state index in [1.807, 2.05) is 82.2 Å². The second-order valence-electron chi connectivity index (χ2n) is 16.0. The van der Waals surface area contributed by atoms with E-state index < -0.39 is 0 Å². The lowest BCUT2D eigenvalue weighted by Crippen LogP contribution is -2.01. The fourth-order valence-electron chi connectivity index (χ4n) is 8.10. The Morgan fingerprint density at radius 3 is 1.45 bits per heavy atom. The summed E-state index contributed by atoms with van der Waals surface area (Å²) in [5, 5.41) is 35.6. The summed E-state index contributed by atoms with van der Waals surface area (Å²) in [6.07, 6.45) is 10.1. The normalized spacial score (nSPS) is 13.7. The monoisotopic (exact) mass is 1020 g/mol. The van der Waals surface area contributed by atoms with Crippen molar-refractivity contribution in [2.75, 3.05) is 0 Å². The molecule has 1 unspecified atom stereocenters. The minimum Gasteiger partial charge on any atom is -0.231 e. The first kappa shape index (κ1) is 47.6. The molecule has 0 saturated heterocycles. The Labute approximate surface area is 417 Å². The first-order valence-electron chi connectivity index (χ1n) is 21.8. The summed E-state index contributed by atoms with van der Waals surface area (Å²) in [6.45, 7) is 8.57. The van der Waals surface area contributed by atoms with Crippen molar-refractivity contribution in [1.82, 2.24) is 40.0 Å². The van der Waals surface area contributed by atoms with Gasteiger partial charge in [-0.2, -0.15) is 10.2 Å². The number of hydrogen-bond acceptors (Lipinski definition) is 8. The standard InChI is InChI=1S/C26H25Cl3N4S.C23H21Cl3N4S/c1-2-20-23(26-31-30-25(34-26)17-7-5-3-4-6-8-17)32-33(22-14-13-19(28)15-21(22)29)24(20)16-9-11-18(27)12-10-16;1-4-13(3)22-27-28-23(31-22)20-17(5-2)21(14-6-8-15(24)9-7-14)30(29-20)19-11-10-16(25)12-18(19)26/h9-15,17H,2-8H2,1H3;6-13H,4-5H2,1-3H3. The number of hydrogen-bond donors (Lipinski definition) is 0. The van der Waals surface area contributed by atoms with Gasteiger partial charge in [-0.1, -0.05) is 170 Å². The number of aromatic nitrogens is 8. The third kappa shape index (κ3) is 10.5. The second kappa shape index (κ2) is 21.4. The zero-order chi connectivity index (χ0) is 45.8. The third-order valence-corrected chi connectivity index (χ3v) is 15.5. The van der Waals surface area contributed by atoms with Gasteiger partial charge in [0.25, 0.3) is 0 Å². The molecule has 16 heteroatoms. The van der Waals surface area contributed by atoms with E-state index in [0.717, 1.165) is 95.7 Å². The van der Waals surface area contributed by atoms with E-state index in [-0.39, 0.29) is 0 Å². The van der Waals surface area contributed by atoms with E-state index in [4.69, 9.17) is 79.8 Å². The van der Waals surface area contributed by atoms with Crippen molar-refractivity contribution in [2.45, 2.75) is 97.3 Å². The Balaban J connectivity index is 0.000000178. The van der Waals surface area contributed by atoms with Gasteiger partial charge in [0.05, 0.1) is 32.8 Å². The van der Waals surface area contributed by atoms with Crippen molar-refractivity contribution in [3.63, 3.8) is 0 Å². The van der Waals surface area contributed by atoms with Gasteiger partial charge in [-0.05, 0) is 92.8 Å². The lowest BCUT2D eigenvalue weighted by molar-refractivity contribution is 0.584. The molecule has 0 aliphatic heterocycles. The van der Waals surface area contributed by atoms with Crippen molar-refractivity contribution in [1.29, 1.82) is 0 Å². The van der Waals surface area contributed by atoms with Crippen LogP contribution in [0.5, 0.6) is 0 Å². The number of nitrogens with zero attached hydrogens (tertiary/aromatic N) is 8. The van der Waals surface area contributed by atoms with Crippen LogP contribution < -0.4 is 0 Å². The molecule has 9 rings (SSSR count). The van der Waals surface area contributed by atoms with E-state index in [1.54, 1.807) is 34.8 Å². The van der Waals surface area contributed by atoms with Crippen LogP contribution in [0, 0.1) is 0 Å². The predicted molar refractivity (Wildman–Crippen MR) is 274 cm³/mol. The topological polar surface area (TPSA) is 87.2 Å². The molecule has 0 amide bonds. The van der Waals surface area contributed by atoms with Crippen molar-refractivity contribution >= 4 is 92.3 Å². The average molecular weight is 1020 g/mol. The van der Waals surface area contributed by atoms with Gasteiger partial charge in [0.2, 0.25) is 0 Å². The summed E-state index contributed by atoms with van der Waals surface area (Å²) in [5.41, 5.74) is 9.34. The van der Waals surface area contributed by atoms with E-state index in [0.29, 0.717) is 42.0 Å². The number of benzene rings is 4. The van der Waals surface area contributed by atoms with E-state index in [1.165, 1.54) is 38.5 Å². The molecule has 8 nitrogen and oxygen atoms in total. The van der Waals surface area contributed by atoms with Crippen molar-refractivity contribution in [2.24, 2.45) is 0 Å². The van der Waals surface area contributed by atoms with Crippen molar-refractivity contribution in [3.05, 3.63) is 136 Å². The summed E-state index contributed by atoms with van der Waals surface area (Å²) in [6, 6.07) is 26.4. The molecule has 8 aromatic rings. The van der Waals surface area contributed by atoms with Crippen LogP contribution >= 0.6 is 92.3 Å². The lowest BCUT2D eigenvalue weighted by Gasteiger charge is -2.11. The highest BCUT2D eigenvalue weighted by atomic mass is 35.5. The molecule has 0 radical (unpaired) electrons. The van der Waals surface area contributed by atoms with Crippen molar-refractivity contribution in [3.8, 4) is 55.3 Å². The highest BCUT2D eigenvalue weighted by molar-refractivity contribution is 7.15. The number of rotatable bonds is 11. The Morgan fingerprint density at radius 1 is 0.554 bits per heavy atom. The summed E-state index contributed by atoms with van der Waals surface area (Å²) < 4.78 is 3.78. The highest BCUT2D eigenvalue weighted by Crippen LogP contribution is 2.42. The van der Waals surface area contributed by atoms with Gasteiger partial charge in [0, 0.05) is 54.2 Å². The molecule has 0 N–H and O–H groups in total. The summed E-state index contributed by atoms with van der Waals surface area (Å²) in [7, 11) is 0. The van der Waals surface area contributed by atoms with Gasteiger partial charge in [-0.3, -0.25) is 0 Å². The first-order valence-corrected chi connectivity index (χ1v) is 25.7. The quantitative estimate of drug-likeness (QED) is 0.120. The zero-order valence-corrected chi connectivity index (χ0v) is 42.4. The van der Waals surface area contributed by atoms with Crippen LogP contribution in [0.4, 0.5) is 0 Å². The molecule has 0 bridgehead atoms. The minimum atomic E-state index is 0.361. The van der Waals surface area contributed by atoms with Gasteiger partial charge in [-0.25, -0.2) is 9.36 Å². The Morgan fingerprint density at radius 2 is 1.00 bits per heavy atom. The average Bonchev–Trinajstić information content (AvgIpc) is 4.10. The van der Waals surface area contributed by atoms with E-state index in [9.17, 15) is 0 Å². The van der Waals surface area contributed by atoms with Gasteiger partial charge in [0.1, 0.15) is 21.4 Å².